The summed E-state index contributed by atoms with van der Waals surface area (Å²) in [5, 5.41) is 22.4. The molecule has 0 saturated heterocycles. The molecule has 3 N–H and O–H groups in total. The maximum Gasteiger partial charge on any atom is 0.322 e. The van der Waals surface area contributed by atoms with Crippen LogP contribution >= 0.6 is 0 Å². The lowest BCUT2D eigenvalue weighted by molar-refractivity contribution is -0.170. The van der Waals surface area contributed by atoms with Crippen LogP contribution in [0.4, 0.5) is 0 Å². The van der Waals surface area contributed by atoms with Gasteiger partial charge < -0.3 is 20.3 Å². The molecule has 6 unspecified atom stereocenters. The minimum Gasteiger partial charge on any atom is -0.480 e. The molecule has 0 spiro atoms. The van der Waals surface area contributed by atoms with E-state index in [1.54, 1.807) is 0 Å². The Bertz CT molecular complexity index is 1000. The zero-order chi connectivity index (χ0) is 26.3. The summed E-state index contributed by atoms with van der Waals surface area (Å²) in [6.07, 6.45) is 7.32. The van der Waals surface area contributed by atoms with Gasteiger partial charge in [-0.2, -0.15) is 0 Å². The monoisotopic (exact) mass is 503 g/mol. The van der Waals surface area contributed by atoms with E-state index in [0.29, 0.717) is 31.1 Å². The van der Waals surface area contributed by atoms with Crippen molar-refractivity contribution in [3.05, 3.63) is 11.6 Å². The Labute approximate surface area is 211 Å². The van der Waals surface area contributed by atoms with Crippen molar-refractivity contribution in [2.45, 2.75) is 83.7 Å². The van der Waals surface area contributed by atoms with Crippen LogP contribution in [0.2, 0.25) is 0 Å². The summed E-state index contributed by atoms with van der Waals surface area (Å²) in [5.74, 6) is -1.79. The molecule has 3 saturated carbocycles. The van der Waals surface area contributed by atoms with E-state index in [9.17, 15) is 29.1 Å². The van der Waals surface area contributed by atoms with Crippen LogP contribution in [0.25, 0.3) is 0 Å². The number of fused-ring (bicyclic) bond motifs is 5. The minimum absolute atomic E-state index is 0.00909. The fourth-order valence-corrected chi connectivity index (χ4v) is 7.85. The number of ketones is 2. The number of esters is 1. The first-order valence-electron chi connectivity index (χ1n) is 13.0. The number of Topliss-reactive ketones (excluding diaryl/α,β-unsaturated/α-hetero) is 1. The van der Waals surface area contributed by atoms with Crippen LogP contribution in [0.1, 0.15) is 78.1 Å². The molecule has 36 heavy (non-hydrogen) atoms. The van der Waals surface area contributed by atoms with Crippen LogP contribution in [0.3, 0.4) is 0 Å². The zero-order valence-corrected chi connectivity index (χ0v) is 21.1. The first-order chi connectivity index (χ1) is 16.9. The van der Waals surface area contributed by atoms with E-state index in [-0.39, 0.29) is 30.0 Å². The van der Waals surface area contributed by atoms with Crippen molar-refractivity contribution < 1.29 is 38.9 Å². The van der Waals surface area contributed by atoms with E-state index in [1.165, 1.54) is 5.57 Å². The standard InChI is InChI=1S/C27H37NO8/c1-25-10-7-17(29)13-16(25)3-4-18-19(25)8-11-26(2)20(18)9-12-27(26,35)21(30)15-36-24(34)6-5-22(31)28-14-23(32)33/h13,18-20,35H,3-12,14-15H2,1-2H3,(H,28,31)(H,32,33). The molecule has 4 aliphatic rings. The third-order valence-electron chi connectivity index (χ3n) is 9.93. The Kier molecular flexibility index (Phi) is 7.16. The number of hydrogen-bond acceptors (Lipinski definition) is 7. The van der Waals surface area contributed by atoms with Gasteiger partial charge in [0.1, 0.15) is 12.1 Å². The SMILES string of the molecule is CC12CCC(=O)C=C1CCC1C2CCC2(C)C1CCC2(O)C(=O)COC(=O)CCC(=O)NCC(=O)O. The number of hydrogen-bond donors (Lipinski definition) is 3. The average molecular weight is 504 g/mol. The number of allylic oxidation sites excluding steroid dienone is 1. The average Bonchev–Trinajstić information content (AvgIpc) is 3.12. The van der Waals surface area contributed by atoms with E-state index >= 15 is 0 Å². The molecule has 4 aliphatic carbocycles. The molecule has 0 radical (unpaired) electrons. The van der Waals surface area contributed by atoms with Crippen molar-refractivity contribution >= 4 is 29.4 Å². The van der Waals surface area contributed by atoms with Crippen molar-refractivity contribution in [1.29, 1.82) is 0 Å². The zero-order valence-electron chi connectivity index (χ0n) is 21.1. The predicted octanol–water partition coefficient (Wildman–Crippen LogP) is 2.34. The largest absolute Gasteiger partial charge is 0.480 e. The van der Waals surface area contributed by atoms with Crippen LogP contribution < -0.4 is 5.32 Å². The summed E-state index contributed by atoms with van der Waals surface area (Å²) in [7, 11) is 0. The molecule has 3 fully saturated rings. The Morgan fingerprint density at radius 3 is 2.47 bits per heavy atom. The van der Waals surface area contributed by atoms with Gasteiger partial charge in [0.25, 0.3) is 0 Å². The van der Waals surface area contributed by atoms with Crippen molar-refractivity contribution in [2.24, 2.45) is 28.6 Å². The molecule has 0 aromatic heterocycles. The van der Waals surface area contributed by atoms with Crippen LogP contribution in [-0.2, 0) is 28.7 Å². The summed E-state index contributed by atoms with van der Waals surface area (Å²) in [6, 6.07) is 0. The molecule has 9 nitrogen and oxygen atoms in total. The fraction of sp³-hybridized carbons (Fsp3) is 0.741. The Morgan fingerprint density at radius 2 is 1.75 bits per heavy atom. The Balaban J connectivity index is 1.37. The molecule has 0 heterocycles. The lowest BCUT2D eigenvalue weighted by atomic mass is 9.46. The third-order valence-corrected chi connectivity index (χ3v) is 9.93. The summed E-state index contributed by atoms with van der Waals surface area (Å²) in [6.45, 7) is 3.22. The number of nitrogens with one attached hydrogen (secondary N) is 1. The summed E-state index contributed by atoms with van der Waals surface area (Å²) < 4.78 is 5.10. The number of amides is 1. The Morgan fingerprint density at radius 1 is 1.03 bits per heavy atom. The number of carbonyl (C=O) groups excluding carboxylic acids is 4. The topological polar surface area (TPSA) is 147 Å². The highest BCUT2D eigenvalue weighted by Crippen LogP contribution is 2.67. The van der Waals surface area contributed by atoms with E-state index in [1.807, 2.05) is 13.0 Å². The van der Waals surface area contributed by atoms with E-state index < -0.39 is 47.8 Å². The van der Waals surface area contributed by atoms with Crippen molar-refractivity contribution in [2.75, 3.05) is 13.2 Å². The second-order valence-electron chi connectivity index (χ2n) is 11.6. The normalized spacial score (nSPS) is 37.1. The molecular weight excluding hydrogens is 466 g/mol. The summed E-state index contributed by atoms with van der Waals surface area (Å²) in [4.78, 5) is 59.4. The number of rotatable bonds is 8. The third kappa shape index (κ3) is 4.51. The van der Waals surface area contributed by atoms with Crippen LogP contribution in [0, 0.1) is 28.6 Å². The quantitative estimate of drug-likeness (QED) is 0.428. The van der Waals surface area contributed by atoms with Crippen molar-refractivity contribution in [3.63, 3.8) is 0 Å². The Hall–Kier alpha value is -2.55. The van der Waals surface area contributed by atoms with E-state index in [2.05, 4.69) is 12.2 Å². The van der Waals surface area contributed by atoms with Crippen LogP contribution in [-0.4, -0.2) is 58.4 Å². The molecule has 0 aliphatic heterocycles. The van der Waals surface area contributed by atoms with Crippen molar-refractivity contribution in [3.8, 4) is 0 Å². The smallest absolute Gasteiger partial charge is 0.322 e. The number of carboxylic acids is 1. The van der Waals surface area contributed by atoms with E-state index in [0.717, 1.165) is 32.1 Å². The van der Waals surface area contributed by atoms with Crippen molar-refractivity contribution in [1.82, 2.24) is 5.32 Å². The molecule has 0 aromatic carbocycles. The van der Waals surface area contributed by atoms with Gasteiger partial charge in [0.15, 0.2) is 12.4 Å². The van der Waals surface area contributed by atoms with Gasteiger partial charge in [0, 0.05) is 18.3 Å². The second-order valence-corrected chi connectivity index (χ2v) is 11.6. The lowest BCUT2D eigenvalue weighted by Gasteiger charge is -2.58. The number of aliphatic carboxylic acids is 1. The maximum absolute atomic E-state index is 13.2. The molecule has 0 bridgehead atoms. The fourth-order valence-electron chi connectivity index (χ4n) is 7.85. The minimum atomic E-state index is -1.57. The molecule has 0 aromatic rings. The first-order valence-corrected chi connectivity index (χ1v) is 13.0. The number of aliphatic hydroxyl groups is 1. The van der Waals surface area contributed by atoms with E-state index in [4.69, 9.17) is 9.84 Å². The molecule has 1 amide bonds. The van der Waals surface area contributed by atoms with Gasteiger partial charge in [-0.05, 0) is 74.2 Å². The van der Waals surface area contributed by atoms with Gasteiger partial charge in [0.2, 0.25) is 11.7 Å². The lowest BCUT2D eigenvalue weighted by Crippen LogP contribution is -2.58. The maximum atomic E-state index is 13.2. The van der Waals surface area contributed by atoms with Crippen LogP contribution in [0.15, 0.2) is 11.6 Å². The number of ether oxygens (including phenoxy) is 1. The number of carbonyl (C=O) groups is 5. The highest BCUT2D eigenvalue weighted by Gasteiger charge is 2.66. The molecule has 198 valence electrons. The van der Waals surface area contributed by atoms with Gasteiger partial charge in [-0.3, -0.25) is 24.0 Å². The van der Waals surface area contributed by atoms with Gasteiger partial charge in [-0.25, -0.2) is 0 Å². The summed E-state index contributed by atoms with van der Waals surface area (Å²) in [5.41, 5.74) is -0.885. The molecule has 6 atom stereocenters. The van der Waals surface area contributed by atoms with Gasteiger partial charge in [-0.1, -0.05) is 19.4 Å². The molecule has 4 rings (SSSR count). The van der Waals surface area contributed by atoms with Crippen LogP contribution in [0.5, 0.6) is 0 Å². The van der Waals surface area contributed by atoms with Gasteiger partial charge >= 0.3 is 11.9 Å². The first kappa shape index (κ1) is 26.5. The molecule has 9 heteroatoms. The highest BCUT2D eigenvalue weighted by atomic mass is 16.5. The number of carboxylic acid groups (broad SMARTS) is 1. The summed E-state index contributed by atoms with van der Waals surface area (Å²) >= 11 is 0. The second kappa shape index (κ2) is 9.72. The van der Waals surface area contributed by atoms with Gasteiger partial charge in [-0.15, -0.1) is 0 Å². The highest BCUT2D eigenvalue weighted by molar-refractivity contribution is 5.92. The van der Waals surface area contributed by atoms with Gasteiger partial charge in [0.05, 0.1) is 6.42 Å². The predicted molar refractivity (Wildman–Crippen MR) is 128 cm³/mol. The molecular formula is C27H37NO8.